The van der Waals surface area contributed by atoms with Crippen molar-refractivity contribution in [2.75, 3.05) is 26.2 Å². The topological polar surface area (TPSA) is 61.4 Å². The Labute approximate surface area is 159 Å². The van der Waals surface area contributed by atoms with Crippen LogP contribution in [0.3, 0.4) is 0 Å². The summed E-state index contributed by atoms with van der Waals surface area (Å²) >= 11 is 0. The zero-order chi connectivity index (χ0) is 18.9. The Hall–Kier alpha value is -1.10. The number of rotatable bonds is 8. The van der Waals surface area contributed by atoms with E-state index in [0.29, 0.717) is 6.54 Å². The molecule has 2 aliphatic rings. The minimum atomic E-state index is -0.420. The predicted molar refractivity (Wildman–Crippen MR) is 106 cm³/mol. The molecule has 5 heteroatoms. The molecule has 1 saturated carbocycles. The van der Waals surface area contributed by atoms with Gasteiger partial charge in [-0.2, -0.15) is 0 Å². The van der Waals surface area contributed by atoms with Crippen LogP contribution in [0.1, 0.15) is 72.1 Å². The second-order valence-corrected chi connectivity index (χ2v) is 8.73. The Morgan fingerprint density at radius 1 is 1.04 bits per heavy atom. The van der Waals surface area contributed by atoms with Crippen molar-refractivity contribution in [1.29, 1.82) is 0 Å². The van der Waals surface area contributed by atoms with Crippen LogP contribution in [-0.2, 0) is 9.59 Å². The quantitative estimate of drug-likeness (QED) is 0.650. The van der Waals surface area contributed by atoms with Gasteiger partial charge in [0.25, 0.3) is 0 Å². The Morgan fingerprint density at radius 3 is 2.31 bits per heavy atom. The van der Waals surface area contributed by atoms with E-state index in [9.17, 15) is 9.59 Å². The van der Waals surface area contributed by atoms with E-state index in [1.54, 1.807) is 0 Å². The number of likely N-dealkylation sites (tertiary alicyclic amines) is 1. The Morgan fingerprint density at radius 2 is 1.69 bits per heavy atom. The fourth-order valence-corrected chi connectivity index (χ4v) is 4.14. The molecule has 1 aliphatic carbocycles. The molecule has 5 nitrogen and oxygen atoms in total. The average Bonchev–Trinajstić information content (AvgIpc) is 2.64. The van der Waals surface area contributed by atoms with E-state index in [2.05, 4.69) is 22.5 Å². The van der Waals surface area contributed by atoms with Gasteiger partial charge in [-0.05, 0) is 76.4 Å². The van der Waals surface area contributed by atoms with Crippen LogP contribution in [0.4, 0.5) is 0 Å². The zero-order valence-corrected chi connectivity index (χ0v) is 17.1. The first-order valence-electron chi connectivity index (χ1n) is 10.8. The summed E-state index contributed by atoms with van der Waals surface area (Å²) in [5.41, 5.74) is 0. The standard InChI is InChI=1S/C21H39N3O2/c1-16(2)19(23-20(25)18-10-8-17(3)9-11-18)21(26)22-12-7-15-24-13-5-4-6-14-24/h16-19H,4-15H2,1-3H3,(H,22,26)(H,23,25)/t17?,18?,19-/m0/s1. The van der Waals surface area contributed by atoms with Crippen molar-refractivity contribution >= 4 is 11.8 Å². The van der Waals surface area contributed by atoms with Crippen LogP contribution in [0.2, 0.25) is 0 Å². The van der Waals surface area contributed by atoms with Crippen molar-refractivity contribution in [2.24, 2.45) is 17.8 Å². The van der Waals surface area contributed by atoms with Crippen LogP contribution < -0.4 is 10.6 Å². The van der Waals surface area contributed by atoms with Gasteiger partial charge in [-0.1, -0.05) is 27.2 Å². The lowest BCUT2D eigenvalue weighted by Crippen LogP contribution is -2.51. The predicted octanol–water partition coefficient (Wildman–Crippen LogP) is 2.95. The van der Waals surface area contributed by atoms with E-state index in [1.807, 2.05) is 13.8 Å². The first-order valence-corrected chi connectivity index (χ1v) is 10.8. The summed E-state index contributed by atoms with van der Waals surface area (Å²) < 4.78 is 0. The van der Waals surface area contributed by atoms with Gasteiger partial charge >= 0.3 is 0 Å². The lowest BCUT2D eigenvalue weighted by molar-refractivity contribution is -0.132. The molecule has 1 atom stereocenters. The third-order valence-corrected chi connectivity index (χ3v) is 6.03. The molecule has 2 fully saturated rings. The summed E-state index contributed by atoms with van der Waals surface area (Å²) in [7, 11) is 0. The molecular formula is C21H39N3O2. The lowest BCUT2D eigenvalue weighted by atomic mass is 9.82. The van der Waals surface area contributed by atoms with E-state index in [4.69, 9.17) is 0 Å². The van der Waals surface area contributed by atoms with Gasteiger partial charge in [0, 0.05) is 12.5 Å². The zero-order valence-electron chi connectivity index (χ0n) is 17.1. The van der Waals surface area contributed by atoms with E-state index in [0.717, 1.165) is 44.6 Å². The molecule has 150 valence electrons. The van der Waals surface area contributed by atoms with E-state index in [-0.39, 0.29) is 23.7 Å². The molecular weight excluding hydrogens is 326 g/mol. The Bertz CT molecular complexity index is 439. The maximum absolute atomic E-state index is 12.6. The van der Waals surface area contributed by atoms with Crippen molar-refractivity contribution in [1.82, 2.24) is 15.5 Å². The first-order chi connectivity index (χ1) is 12.5. The lowest BCUT2D eigenvalue weighted by Gasteiger charge is -2.29. The first kappa shape index (κ1) is 21.2. The molecule has 0 spiro atoms. The monoisotopic (exact) mass is 365 g/mol. The van der Waals surface area contributed by atoms with E-state index >= 15 is 0 Å². The minimum Gasteiger partial charge on any atom is -0.354 e. The van der Waals surface area contributed by atoms with Crippen LogP contribution in [0, 0.1) is 17.8 Å². The van der Waals surface area contributed by atoms with Crippen molar-refractivity contribution in [3.63, 3.8) is 0 Å². The molecule has 2 N–H and O–H groups in total. The van der Waals surface area contributed by atoms with Crippen LogP contribution >= 0.6 is 0 Å². The normalized spacial score (nSPS) is 25.7. The molecule has 0 aromatic rings. The van der Waals surface area contributed by atoms with E-state index in [1.165, 1.54) is 32.4 Å². The van der Waals surface area contributed by atoms with Gasteiger partial charge in [-0.25, -0.2) is 0 Å². The number of carbonyl (C=O) groups excluding carboxylic acids is 2. The second-order valence-electron chi connectivity index (χ2n) is 8.73. The SMILES string of the molecule is CC1CCC(C(=O)N[C@H](C(=O)NCCCN2CCCCC2)C(C)C)CC1. The molecule has 0 radical (unpaired) electrons. The van der Waals surface area contributed by atoms with Crippen LogP contribution in [0.5, 0.6) is 0 Å². The second kappa shape index (κ2) is 10.9. The third-order valence-electron chi connectivity index (χ3n) is 6.03. The van der Waals surface area contributed by atoms with Gasteiger partial charge in [-0.3, -0.25) is 9.59 Å². The molecule has 26 heavy (non-hydrogen) atoms. The molecule has 0 unspecified atom stereocenters. The number of nitrogens with zero attached hydrogens (tertiary/aromatic N) is 1. The van der Waals surface area contributed by atoms with Crippen molar-refractivity contribution in [2.45, 2.75) is 78.2 Å². The van der Waals surface area contributed by atoms with Crippen LogP contribution in [-0.4, -0.2) is 48.9 Å². The minimum absolute atomic E-state index is 0.0313. The van der Waals surface area contributed by atoms with Gasteiger partial charge in [-0.15, -0.1) is 0 Å². The average molecular weight is 366 g/mol. The highest BCUT2D eigenvalue weighted by Gasteiger charge is 2.29. The highest BCUT2D eigenvalue weighted by Crippen LogP contribution is 2.28. The van der Waals surface area contributed by atoms with Gasteiger partial charge in [0.2, 0.25) is 11.8 Å². The summed E-state index contributed by atoms with van der Waals surface area (Å²) in [6, 6.07) is -0.420. The number of hydrogen-bond donors (Lipinski definition) is 2. The molecule has 1 heterocycles. The molecule has 2 rings (SSSR count). The van der Waals surface area contributed by atoms with Gasteiger partial charge < -0.3 is 15.5 Å². The molecule has 1 aliphatic heterocycles. The summed E-state index contributed by atoms with van der Waals surface area (Å²) in [6.07, 6.45) is 9.07. The van der Waals surface area contributed by atoms with Crippen LogP contribution in [0.15, 0.2) is 0 Å². The van der Waals surface area contributed by atoms with Crippen molar-refractivity contribution in [3.8, 4) is 0 Å². The smallest absolute Gasteiger partial charge is 0.242 e. The molecule has 0 aromatic carbocycles. The summed E-state index contributed by atoms with van der Waals surface area (Å²) in [5, 5.41) is 6.07. The molecule has 1 saturated heterocycles. The molecule has 0 aromatic heterocycles. The summed E-state index contributed by atoms with van der Waals surface area (Å²) in [4.78, 5) is 27.6. The number of nitrogens with one attached hydrogen (secondary N) is 2. The van der Waals surface area contributed by atoms with E-state index < -0.39 is 6.04 Å². The number of carbonyl (C=O) groups is 2. The number of hydrogen-bond acceptors (Lipinski definition) is 3. The highest BCUT2D eigenvalue weighted by molar-refractivity contribution is 5.88. The molecule has 2 amide bonds. The summed E-state index contributed by atoms with van der Waals surface area (Å²) in [6.45, 7) is 10.4. The third kappa shape index (κ3) is 6.90. The Kier molecular flexibility index (Phi) is 8.89. The van der Waals surface area contributed by atoms with Crippen LogP contribution in [0.25, 0.3) is 0 Å². The fraction of sp³-hybridized carbons (Fsp3) is 0.905. The van der Waals surface area contributed by atoms with Gasteiger partial charge in [0.15, 0.2) is 0 Å². The van der Waals surface area contributed by atoms with Crippen molar-refractivity contribution in [3.05, 3.63) is 0 Å². The largest absolute Gasteiger partial charge is 0.354 e. The maximum Gasteiger partial charge on any atom is 0.242 e. The summed E-state index contributed by atoms with van der Waals surface area (Å²) in [5.74, 6) is 0.946. The maximum atomic E-state index is 12.6. The number of amides is 2. The van der Waals surface area contributed by atoms with Gasteiger partial charge in [0.1, 0.15) is 6.04 Å². The molecule has 0 bridgehead atoms. The number of piperidine rings is 1. The highest BCUT2D eigenvalue weighted by atomic mass is 16.2. The fourth-order valence-electron chi connectivity index (χ4n) is 4.14. The Balaban J connectivity index is 1.71. The van der Waals surface area contributed by atoms with Gasteiger partial charge in [0.05, 0.1) is 0 Å². The van der Waals surface area contributed by atoms with Crippen molar-refractivity contribution < 1.29 is 9.59 Å².